The van der Waals surface area contributed by atoms with E-state index in [1.54, 1.807) is 27.9 Å². The molecule has 2 aromatic heterocycles. The van der Waals surface area contributed by atoms with Gasteiger partial charge in [-0.1, -0.05) is 12.1 Å². The zero-order valence-corrected chi connectivity index (χ0v) is 12.8. The number of hydrogen-bond donors (Lipinski definition) is 1. The molecule has 1 N–H and O–H groups in total. The van der Waals surface area contributed by atoms with Gasteiger partial charge in [0.15, 0.2) is 0 Å². The lowest BCUT2D eigenvalue weighted by Crippen LogP contribution is -2.52. The standard InChI is InChI=1S/C15H18N4O4/c1-2-11-9-12(23-17-11)13(20)18-6-3-15(4-7-18,14(21)22)19-8-5-16-10-19/h5,8-10H,2-4,6-7H2,1H3,(H,21,22). The van der Waals surface area contributed by atoms with Crippen LogP contribution < -0.4 is 0 Å². The second-order valence-corrected chi connectivity index (χ2v) is 5.63. The normalized spacial score (nSPS) is 17.2. The largest absolute Gasteiger partial charge is 0.479 e. The maximum absolute atomic E-state index is 12.4. The Labute approximate surface area is 132 Å². The Morgan fingerprint density at radius 2 is 2.13 bits per heavy atom. The van der Waals surface area contributed by atoms with Gasteiger partial charge < -0.3 is 19.1 Å². The van der Waals surface area contributed by atoms with Gasteiger partial charge in [0.25, 0.3) is 5.91 Å². The fourth-order valence-corrected chi connectivity index (χ4v) is 2.91. The van der Waals surface area contributed by atoms with Crippen molar-refractivity contribution in [1.29, 1.82) is 0 Å². The Bertz CT molecular complexity index is 699. The smallest absolute Gasteiger partial charge is 0.330 e. The number of aliphatic carboxylic acids is 1. The van der Waals surface area contributed by atoms with Gasteiger partial charge in [-0.05, 0) is 19.3 Å². The van der Waals surface area contributed by atoms with Gasteiger partial charge in [-0.3, -0.25) is 4.79 Å². The number of rotatable bonds is 4. The molecule has 23 heavy (non-hydrogen) atoms. The number of hydrogen-bond acceptors (Lipinski definition) is 5. The Morgan fingerprint density at radius 1 is 1.39 bits per heavy atom. The second kappa shape index (κ2) is 5.86. The summed E-state index contributed by atoms with van der Waals surface area (Å²) in [5.74, 6) is -0.954. The molecule has 8 heteroatoms. The number of carbonyl (C=O) groups excluding carboxylic acids is 1. The van der Waals surface area contributed by atoms with Crippen LogP contribution in [0.3, 0.4) is 0 Å². The molecule has 1 fully saturated rings. The molecule has 1 amide bonds. The number of carbonyl (C=O) groups is 2. The first-order chi connectivity index (χ1) is 11.1. The van der Waals surface area contributed by atoms with E-state index in [4.69, 9.17) is 4.52 Å². The predicted octanol–water partition coefficient (Wildman–Crippen LogP) is 1.15. The number of aryl methyl sites for hydroxylation is 1. The predicted molar refractivity (Wildman–Crippen MR) is 78.9 cm³/mol. The molecule has 0 bridgehead atoms. The number of carboxylic acid groups (broad SMARTS) is 1. The van der Waals surface area contributed by atoms with Crippen LogP contribution >= 0.6 is 0 Å². The minimum Gasteiger partial charge on any atom is -0.479 e. The quantitative estimate of drug-likeness (QED) is 0.907. The molecule has 3 rings (SSSR count). The fourth-order valence-electron chi connectivity index (χ4n) is 2.91. The van der Waals surface area contributed by atoms with Crippen molar-refractivity contribution in [2.24, 2.45) is 0 Å². The first kappa shape index (κ1) is 15.3. The van der Waals surface area contributed by atoms with E-state index in [0.29, 0.717) is 32.4 Å². The van der Waals surface area contributed by atoms with Crippen molar-refractivity contribution in [2.75, 3.05) is 13.1 Å². The molecule has 0 atom stereocenters. The topological polar surface area (TPSA) is 101 Å². The van der Waals surface area contributed by atoms with Crippen LogP contribution in [0.2, 0.25) is 0 Å². The highest BCUT2D eigenvalue weighted by Gasteiger charge is 2.44. The molecule has 1 aliphatic heterocycles. The fraction of sp³-hybridized carbons (Fsp3) is 0.467. The molecular formula is C15H18N4O4. The molecule has 0 radical (unpaired) electrons. The van der Waals surface area contributed by atoms with E-state index in [9.17, 15) is 14.7 Å². The van der Waals surface area contributed by atoms with Crippen LogP contribution in [0.15, 0.2) is 29.3 Å². The van der Waals surface area contributed by atoms with Gasteiger partial charge in [-0.15, -0.1) is 0 Å². The highest BCUT2D eigenvalue weighted by Crippen LogP contribution is 2.31. The van der Waals surface area contributed by atoms with Crippen LogP contribution in [0.5, 0.6) is 0 Å². The van der Waals surface area contributed by atoms with E-state index in [2.05, 4.69) is 10.1 Å². The van der Waals surface area contributed by atoms with E-state index >= 15 is 0 Å². The van der Waals surface area contributed by atoms with Crippen molar-refractivity contribution in [3.05, 3.63) is 36.2 Å². The summed E-state index contributed by atoms with van der Waals surface area (Å²) in [4.78, 5) is 29.7. The molecule has 8 nitrogen and oxygen atoms in total. The number of imidazole rings is 1. The molecule has 0 spiro atoms. The lowest BCUT2D eigenvalue weighted by atomic mass is 9.87. The van der Waals surface area contributed by atoms with Crippen LogP contribution in [0, 0.1) is 0 Å². The third-order valence-electron chi connectivity index (χ3n) is 4.41. The monoisotopic (exact) mass is 318 g/mol. The zero-order chi connectivity index (χ0) is 16.4. The number of piperidine rings is 1. The summed E-state index contributed by atoms with van der Waals surface area (Å²) in [7, 11) is 0. The average molecular weight is 318 g/mol. The van der Waals surface area contributed by atoms with Gasteiger partial charge in [0.05, 0.1) is 12.0 Å². The third kappa shape index (κ3) is 2.60. The molecule has 0 aliphatic carbocycles. The summed E-state index contributed by atoms with van der Waals surface area (Å²) in [5, 5.41) is 13.5. The average Bonchev–Trinajstić information content (AvgIpc) is 3.25. The molecular weight excluding hydrogens is 300 g/mol. The summed E-state index contributed by atoms with van der Waals surface area (Å²) in [5.41, 5.74) is -0.327. The van der Waals surface area contributed by atoms with Crippen molar-refractivity contribution >= 4 is 11.9 Å². The van der Waals surface area contributed by atoms with Gasteiger partial charge in [-0.25, -0.2) is 9.78 Å². The molecule has 0 saturated carbocycles. The van der Waals surface area contributed by atoms with Crippen LogP contribution in [-0.4, -0.2) is 49.7 Å². The maximum Gasteiger partial charge on any atom is 0.330 e. The van der Waals surface area contributed by atoms with Gasteiger partial charge in [0.1, 0.15) is 5.54 Å². The van der Waals surface area contributed by atoms with Gasteiger partial charge >= 0.3 is 5.97 Å². The van der Waals surface area contributed by atoms with E-state index < -0.39 is 11.5 Å². The number of nitrogens with zero attached hydrogens (tertiary/aromatic N) is 4. The van der Waals surface area contributed by atoms with E-state index in [-0.39, 0.29) is 11.7 Å². The van der Waals surface area contributed by atoms with Crippen LogP contribution in [0.4, 0.5) is 0 Å². The number of likely N-dealkylation sites (tertiary alicyclic amines) is 1. The molecule has 1 aliphatic rings. The Hall–Kier alpha value is -2.64. The first-order valence-electron chi connectivity index (χ1n) is 7.53. The summed E-state index contributed by atoms with van der Waals surface area (Å²) in [6.07, 6.45) is 6.05. The van der Waals surface area contributed by atoms with Gasteiger partial charge in [0.2, 0.25) is 5.76 Å². The second-order valence-electron chi connectivity index (χ2n) is 5.63. The number of amides is 1. The molecule has 3 heterocycles. The van der Waals surface area contributed by atoms with Gasteiger partial charge in [-0.2, -0.15) is 0 Å². The van der Waals surface area contributed by atoms with Crippen molar-refractivity contribution in [1.82, 2.24) is 19.6 Å². The lowest BCUT2D eigenvalue weighted by Gasteiger charge is -2.39. The van der Waals surface area contributed by atoms with E-state index in [1.807, 2.05) is 6.92 Å². The molecule has 122 valence electrons. The SMILES string of the molecule is CCc1cc(C(=O)N2CCC(C(=O)O)(n3ccnc3)CC2)on1. The molecule has 2 aromatic rings. The Balaban J connectivity index is 1.74. The zero-order valence-electron chi connectivity index (χ0n) is 12.8. The van der Waals surface area contributed by atoms with Crippen LogP contribution in [0.1, 0.15) is 36.0 Å². The van der Waals surface area contributed by atoms with Crippen LogP contribution in [-0.2, 0) is 16.8 Å². The summed E-state index contributed by atoms with van der Waals surface area (Å²) < 4.78 is 6.68. The van der Waals surface area contributed by atoms with Crippen LogP contribution in [0.25, 0.3) is 0 Å². The molecule has 0 aromatic carbocycles. The summed E-state index contributed by atoms with van der Waals surface area (Å²) >= 11 is 0. The van der Waals surface area contributed by atoms with E-state index in [0.717, 1.165) is 5.69 Å². The van der Waals surface area contributed by atoms with Crippen molar-refractivity contribution < 1.29 is 19.2 Å². The lowest BCUT2D eigenvalue weighted by molar-refractivity contribution is -0.150. The third-order valence-corrected chi connectivity index (χ3v) is 4.41. The minimum absolute atomic E-state index is 0.201. The molecule has 1 saturated heterocycles. The highest BCUT2D eigenvalue weighted by molar-refractivity contribution is 5.91. The van der Waals surface area contributed by atoms with Crippen molar-refractivity contribution in [3.8, 4) is 0 Å². The van der Waals surface area contributed by atoms with E-state index in [1.165, 1.54) is 6.33 Å². The summed E-state index contributed by atoms with van der Waals surface area (Å²) in [6.45, 7) is 2.61. The van der Waals surface area contributed by atoms with Crippen molar-refractivity contribution in [3.63, 3.8) is 0 Å². The Kier molecular flexibility index (Phi) is 3.89. The summed E-state index contributed by atoms with van der Waals surface area (Å²) in [6, 6.07) is 1.64. The first-order valence-corrected chi connectivity index (χ1v) is 7.53. The molecule has 0 unspecified atom stereocenters. The highest BCUT2D eigenvalue weighted by atomic mass is 16.5. The number of carboxylic acids is 1. The number of aromatic nitrogens is 3. The maximum atomic E-state index is 12.4. The minimum atomic E-state index is -1.05. The van der Waals surface area contributed by atoms with Crippen molar-refractivity contribution in [2.45, 2.75) is 31.7 Å². The Morgan fingerprint density at radius 3 is 2.65 bits per heavy atom. The van der Waals surface area contributed by atoms with Gasteiger partial charge in [0, 0.05) is 31.5 Å².